The highest BCUT2D eigenvalue weighted by Gasteiger charge is 2.32. The van der Waals surface area contributed by atoms with Crippen LogP contribution in [-0.2, 0) is 15.7 Å². The minimum Gasteiger partial charge on any atom is -0.466 e. The normalized spacial score (nSPS) is 10.7. The van der Waals surface area contributed by atoms with Crippen molar-refractivity contribution >= 4 is 29.2 Å². The zero-order valence-electron chi connectivity index (χ0n) is 12.2. The largest absolute Gasteiger partial charge is 0.466 e. The Morgan fingerprint density at radius 1 is 1.30 bits per heavy atom. The van der Waals surface area contributed by atoms with Crippen molar-refractivity contribution in [1.29, 1.82) is 0 Å². The number of esters is 1. The second kappa shape index (κ2) is 8.21. The smallest absolute Gasteiger partial charge is 0.416 e. The van der Waals surface area contributed by atoms with Crippen LogP contribution in [0.25, 0.3) is 11.4 Å². The summed E-state index contributed by atoms with van der Waals surface area (Å²) < 4.78 is 41.8. The van der Waals surface area contributed by atoms with Crippen LogP contribution in [0.15, 0.2) is 24.5 Å². The van der Waals surface area contributed by atoms with Crippen molar-refractivity contribution in [2.45, 2.75) is 20.0 Å². The van der Waals surface area contributed by atoms with Gasteiger partial charge in [0.25, 0.3) is 0 Å². The first-order valence-corrected chi connectivity index (χ1v) is 7.11. The summed E-state index contributed by atoms with van der Waals surface area (Å²) in [6.45, 7) is 3.65. The predicted octanol–water partition coefficient (Wildman–Crippen LogP) is 4.97. The highest BCUT2D eigenvalue weighted by molar-refractivity contribution is 6.39. The fourth-order valence-electron chi connectivity index (χ4n) is 1.57. The molecule has 0 saturated carbocycles. The number of nitrogens with one attached hydrogen (secondary N) is 1. The Bertz CT molecular complexity index is 636. The van der Waals surface area contributed by atoms with Crippen LogP contribution in [0.5, 0.6) is 0 Å². The van der Waals surface area contributed by atoms with Gasteiger partial charge in [-0.1, -0.05) is 23.2 Å². The summed E-state index contributed by atoms with van der Waals surface area (Å²) in [6, 6.07) is 1.65. The van der Waals surface area contributed by atoms with E-state index in [0.717, 1.165) is 12.1 Å². The predicted molar refractivity (Wildman–Crippen MR) is 81.4 cm³/mol. The van der Waals surface area contributed by atoms with E-state index in [4.69, 9.17) is 23.2 Å². The van der Waals surface area contributed by atoms with Gasteiger partial charge in [0, 0.05) is 19.3 Å². The van der Waals surface area contributed by atoms with Gasteiger partial charge >= 0.3 is 12.1 Å². The number of ether oxygens (including phenoxy) is 1. The maximum Gasteiger partial charge on any atom is 0.416 e. The molecule has 1 N–H and O–H groups in total. The second-order valence-electron chi connectivity index (χ2n) is 4.18. The molecule has 1 aromatic carbocycles. The number of nitrogens with zero attached hydrogens (tertiary/aromatic N) is 1. The highest BCUT2D eigenvalue weighted by atomic mass is 35.5. The van der Waals surface area contributed by atoms with Crippen molar-refractivity contribution in [3.8, 4) is 11.4 Å². The lowest BCUT2D eigenvalue weighted by Gasteiger charge is -2.10. The average Bonchev–Trinajstić information content (AvgIpc) is 2.91. The molecule has 2 rings (SSSR count). The third-order valence-electron chi connectivity index (χ3n) is 2.45. The molecule has 0 amide bonds. The molecular formula is C14H13Cl2F3N2O2. The van der Waals surface area contributed by atoms with E-state index in [9.17, 15) is 18.0 Å². The van der Waals surface area contributed by atoms with Crippen LogP contribution in [0.1, 0.15) is 19.4 Å². The fraction of sp³-hybridized carbons (Fsp3) is 0.286. The van der Waals surface area contributed by atoms with E-state index in [2.05, 4.69) is 14.7 Å². The topological polar surface area (TPSA) is 55.0 Å². The van der Waals surface area contributed by atoms with Gasteiger partial charge in [-0.05, 0) is 19.1 Å². The summed E-state index contributed by atoms with van der Waals surface area (Å²) >= 11 is 11.6. The quantitative estimate of drug-likeness (QED) is 0.761. The van der Waals surface area contributed by atoms with E-state index in [1.54, 1.807) is 6.92 Å². The molecule has 4 nitrogen and oxygen atoms in total. The van der Waals surface area contributed by atoms with Crippen LogP contribution in [0.2, 0.25) is 10.0 Å². The first-order valence-electron chi connectivity index (χ1n) is 6.36. The number of halogens is 5. The summed E-state index contributed by atoms with van der Waals surface area (Å²) in [5.74, 6) is 0.117. The standard InChI is InChI=1S/C10H5Cl2F3N2.C4H8O2/c11-6-3-5(10(13,14)15)4-7(12)8(6)9-16-1-2-17-9;1-3-6-4(2)5/h1-4H,(H,16,17);3H2,1-2H3. The lowest BCUT2D eigenvalue weighted by Crippen LogP contribution is -2.05. The average molecular weight is 369 g/mol. The maximum absolute atomic E-state index is 12.5. The molecule has 2 aromatic rings. The number of aromatic amines is 1. The fourth-order valence-corrected chi connectivity index (χ4v) is 2.23. The van der Waals surface area contributed by atoms with Gasteiger partial charge in [-0.15, -0.1) is 0 Å². The molecule has 0 fully saturated rings. The Labute approximate surface area is 140 Å². The van der Waals surface area contributed by atoms with Crippen LogP contribution in [0, 0.1) is 0 Å². The van der Waals surface area contributed by atoms with Crippen molar-refractivity contribution in [2.75, 3.05) is 6.61 Å². The van der Waals surface area contributed by atoms with Gasteiger partial charge in [-0.3, -0.25) is 4.79 Å². The van der Waals surface area contributed by atoms with E-state index >= 15 is 0 Å². The Morgan fingerprint density at radius 2 is 1.87 bits per heavy atom. The molecule has 0 saturated heterocycles. The van der Waals surface area contributed by atoms with Crippen molar-refractivity contribution < 1.29 is 22.7 Å². The van der Waals surface area contributed by atoms with Gasteiger partial charge in [0.1, 0.15) is 5.82 Å². The molecule has 23 heavy (non-hydrogen) atoms. The summed E-state index contributed by atoms with van der Waals surface area (Å²) in [4.78, 5) is 16.4. The minimum atomic E-state index is -4.48. The molecule has 0 atom stereocenters. The molecule has 126 valence electrons. The maximum atomic E-state index is 12.5. The van der Waals surface area contributed by atoms with Crippen molar-refractivity contribution in [3.63, 3.8) is 0 Å². The van der Waals surface area contributed by atoms with E-state index in [0.29, 0.717) is 12.4 Å². The van der Waals surface area contributed by atoms with Gasteiger partial charge in [0.2, 0.25) is 0 Å². The molecule has 0 aliphatic heterocycles. The number of hydrogen-bond donors (Lipinski definition) is 1. The number of H-pyrrole nitrogens is 1. The Balaban J connectivity index is 0.000000379. The van der Waals surface area contributed by atoms with Gasteiger partial charge in [0.15, 0.2) is 0 Å². The SMILES string of the molecule is CCOC(C)=O.FC(F)(F)c1cc(Cl)c(-c2ncc[nH]2)c(Cl)c1. The minimum absolute atomic E-state index is 0.0974. The molecule has 9 heteroatoms. The monoisotopic (exact) mass is 368 g/mol. The lowest BCUT2D eigenvalue weighted by molar-refractivity contribution is -0.140. The van der Waals surface area contributed by atoms with E-state index < -0.39 is 11.7 Å². The Morgan fingerprint density at radius 3 is 2.17 bits per heavy atom. The number of aromatic nitrogens is 2. The molecule has 0 bridgehead atoms. The first-order chi connectivity index (χ1) is 10.7. The van der Waals surface area contributed by atoms with E-state index in [-0.39, 0.29) is 21.6 Å². The third kappa shape index (κ3) is 5.76. The number of hydrogen-bond acceptors (Lipinski definition) is 3. The van der Waals surface area contributed by atoms with Crippen LogP contribution >= 0.6 is 23.2 Å². The molecule has 0 spiro atoms. The third-order valence-corrected chi connectivity index (χ3v) is 3.05. The first kappa shape index (κ1) is 19.3. The van der Waals surface area contributed by atoms with Gasteiger partial charge in [-0.2, -0.15) is 13.2 Å². The van der Waals surface area contributed by atoms with Gasteiger partial charge in [-0.25, -0.2) is 4.98 Å². The molecule has 1 aromatic heterocycles. The molecule has 1 heterocycles. The number of rotatable bonds is 2. The van der Waals surface area contributed by atoms with Crippen LogP contribution < -0.4 is 0 Å². The zero-order chi connectivity index (χ0) is 17.6. The van der Waals surface area contributed by atoms with Crippen LogP contribution in [0.4, 0.5) is 13.2 Å². The Hall–Kier alpha value is -1.73. The summed E-state index contributed by atoms with van der Waals surface area (Å²) in [7, 11) is 0. The molecule has 0 aliphatic rings. The number of carbonyl (C=O) groups is 1. The van der Waals surface area contributed by atoms with Crippen molar-refractivity contribution in [1.82, 2.24) is 9.97 Å². The number of benzene rings is 1. The number of carbonyl (C=O) groups excluding carboxylic acids is 1. The number of imidazole rings is 1. The van der Waals surface area contributed by atoms with E-state index in [1.165, 1.54) is 19.3 Å². The van der Waals surface area contributed by atoms with Crippen molar-refractivity contribution in [2.24, 2.45) is 0 Å². The lowest BCUT2D eigenvalue weighted by atomic mass is 10.1. The summed E-state index contributed by atoms with van der Waals surface area (Å²) in [6.07, 6.45) is -1.49. The summed E-state index contributed by atoms with van der Waals surface area (Å²) in [5.41, 5.74) is -0.630. The Kier molecular flexibility index (Phi) is 6.90. The summed E-state index contributed by atoms with van der Waals surface area (Å²) in [5, 5.41) is -0.195. The van der Waals surface area contributed by atoms with Crippen molar-refractivity contribution in [3.05, 3.63) is 40.1 Å². The molecular weight excluding hydrogens is 356 g/mol. The molecule has 0 aliphatic carbocycles. The molecule has 0 radical (unpaired) electrons. The number of alkyl halides is 3. The van der Waals surface area contributed by atoms with E-state index in [1.807, 2.05) is 0 Å². The second-order valence-corrected chi connectivity index (χ2v) is 4.99. The van der Waals surface area contributed by atoms with Crippen LogP contribution in [-0.4, -0.2) is 22.5 Å². The molecule has 0 unspecified atom stereocenters. The van der Waals surface area contributed by atoms with Gasteiger partial charge in [0.05, 0.1) is 27.8 Å². The van der Waals surface area contributed by atoms with Crippen LogP contribution in [0.3, 0.4) is 0 Å². The highest BCUT2D eigenvalue weighted by Crippen LogP contribution is 2.39. The van der Waals surface area contributed by atoms with Gasteiger partial charge < -0.3 is 9.72 Å². The zero-order valence-corrected chi connectivity index (χ0v) is 13.7.